The third kappa shape index (κ3) is 17.5. The Hall–Kier alpha value is -13.9. The number of fused-ring (bicyclic) bond motifs is 11. The first-order valence-corrected chi connectivity index (χ1v) is 46.0. The van der Waals surface area contributed by atoms with Crippen LogP contribution < -0.4 is 4.90 Å². The van der Waals surface area contributed by atoms with Crippen LogP contribution in [0.25, 0.3) is 174 Å². The molecule has 1 unspecified atom stereocenters. The number of nitrogens with zero attached hydrogens (tertiary/aromatic N) is 3. The van der Waals surface area contributed by atoms with Crippen molar-refractivity contribution >= 4 is 194 Å². The quantitative estimate of drug-likeness (QED) is 0.0407. The molecule has 1 atom stereocenters. The number of para-hydroxylation sites is 2. The topological polar surface area (TPSA) is 13.1 Å². The molecule has 19 aromatic carbocycles. The largest absolute Gasteiger partial charge is 0.306 e. The van der Waals surface area contributed by atoms with Crippen LogP contribution in [0, 0.1) is 0 Å². The van der Waals surface area contributed by atoms with Gasteiger partial charge in [0.25, 0.3) is 0 Å². The zero-order valence-electron chi connectivity index (χ0n) is 72.6. The van der Waals surface area contributed by atoms with Gasteiger partial charge in [0.15, 0.2) is 0 Å². The summed E-state index contributed by atoms with van der Waals surface area (Å²) in [6, 6.07) is 174. The van der Waals surface area contributed by atoms with Gasteiger partial charge in [0.1, 0.15) is 5.00 Å². The molecule has 0 bridgehead atoms. The average Bonchev–Trinajstić information content (AvgIpc) is 1.52. The van der Waals surface area contributed by atoms with Gasteiger partial charge in [0, 0.05) is 41.3 Å². The van der Waals surface area contributed by atoms with Crippen molar-refractivity contribution in [2.75, 3.05) is 4.90 Å². The second-order valence-corrected chi connectivity index (χ2v) is 35.2. The molecule has 24 aromatic rings. The van der Waals surface area contributed by atoms with E-state index in [9.17, 15) is 0 Å². The molecule has 0 fully saturated rings. The molecular weight excluding hydrogens is 1890 g/mol. The number of rotatable bonds is 16. The molecule has 2 radical (unpaired) electrons. The van der Waals surface area contributed by atoms with Gasteiger partial charge in [-0.2, -0.15) is 9.84 Å². The SMILES string of the molecule is C(=C(c1ccccc1)c1ccccc1)c1ccc(-c2ccc(C=C(c3ccccc3)c3ccccc3)cc2)cc1.[2H]P.[BiH2].[V].c1ccc(-c2ccc(N(c3ccc(-c4ccccc4)cc3)c3cc4c(s3)c3sc5c6sccc6n(-c6ccccc6)c5c3n4-c3ccccc3)cc2)cc1.c1ccc2cc(-c3c4ccccc4c(-c4ccc5ccccc5c4)c4ccccc34)ccc2c1. The van der Waals surface area contributed by atoms with Crippen LogP contribution >= 0.6 is 43.9 Å². The molecule has 0 aliphatic rings. The predicted octanol–water partition coefficient (Wildman–Crippen LogP) is 34.2. The summed E-state index contributed by atoms with van der Waals surface area (Å²) < 4.78 is 16.0. The Kier molecular flexibility index (Phi) is 25.5. The van der Waals surface area contributed by atoms with Gasteiger partial charge in [-0.3, -0.25) is 0 Å². The minimum atomic E-state index is 0. The molecule has 131 heavy (non-hydrogen) atoms. The van der Waals surface area contributed by atoms with Crippen molar-refractivity contribution in [3.8, 4) is 67.0 Å². The molecule has 5 aromatic heterocycles. The standard InChI is InChI=1S/C48H31N3S3.C40H30.C34H22.Bi.H3P.V.2H/c1-5-13-32(14-6-1)34-21-25-38(26-22-34)49(39-27-23-35(24-28-39)33-15-7-2-8-16-33)42-31-41-46(53-42)48-44(51(41)37-19-11-4-12-20-37)43-47(54-48)45-40(29-30-52-45)50(43)36-17-9-3-10-18-36;1-5-13-35(14-6-1)39(36-15-7-2-8-16-36)29-31-21-25-33(26-22-31)34-27-23-32(24-28-34)30-40(37-17-9-3-10-18-37)38-19-11-4-12-20-38;1-3-11-25-21-27(19-17-23(25)9-1)33-29-13-5-7-15-31(29)34(32-16-8-6-14-30(32)33)28-20-18-24-10-2-4-12-26(24)22-28;;;;;/h1-31H;1-30H;1-22H;;1H3;;;/i;;;;1D;;;. The molecule has 5 heterocycles. The van der Waals surface area contributed by atoms with E-state index in [-0.39, 0.29) is 44.8 Å². The van der Waals surface area contributed by atoms with Crippen LogP contribution in [0.5, 0.6) is 0 Å². The molecule has 0 spiro atoms. The van der Waals surface area contributed by atoms with Gasteiger partial charge in [0.05, 0.1) is 42.1 Å². The van der Waals surface area contributed by atoms with Gasteiger partial charge in [0.2, 0.25) is 0 Å². The number of aromatic nitrogens is 2. The maximum Gasteiger partial charge on any atom is 0.103 e. The Morgan fingerprint density at radius 1 is 0.260 bits per heavy atom. The Balaban J connectivity index is 0.000000129. The Bertz CT molecular complexity index is 7680. The molecule has 3 nitrogen and oxygen atoms in total. The van der Waals surface area contributed by atoms with E-state index in [2.05, 4.69) is 517 Å². The summed E-state index contributed by atoms with van der Waals surface area (Å²) in [5.74, 6) is 0. The summed E-state index contributed by atoms with van der Waals surface area (Å²) in [6.07, 6.45) is 4.55. The third-order valence-corrected chi connectivity index (χ3v) is 27.9. The van der Waals surface area contributed by atoms with Gasteiger partial charge >= 0.3 is 26.2 Å². The fourth-order valence-electron chi connectivity index (χ4n) is 18.2. The van der Waals surface area contributed by atoms with Crippen LogP contribution in [-0.2, 0) is 18.6 Å². The second-order valence-electron chi connectivity index (χ2n) is 32.2. The zero-order valence-corrected chi connectivity index (χ0v) is 81.1. The van der Waals surface area contributed by atoms with E-state index in [0.29, 0.717) is 0 Å². The van der Waals surface area contributed by atoms with Crippen molar-refractivity contribution < 1.29 is 18.6 Å². The minimum Gasteiger partial charge on any atom is -0.306 e. The van der Waals surface area contributed by atoms with Gasteiger partial charge in [-0.25, -0.2) is 0 Å². The molecule has 0 saturated carbocycles. The first-order valence-electron chi connectivity index (χ1n) is 44.1. The Morgan fingerprint density at radius 2 is 0.557 bits per heavy atom. The number of benzene rings is 19. The molecule has 24 rings (SSSR count). The molecule has 0 aliphatic heterocycles. The van der Waals surface area contributed by atoms with Crippen molar-refractivity contribution in [1.29, 1.82) is 1.28 Å². The van der Waals surface area contributed by atoms with E-state index in [4.69, 9.17) is 1.28 Å². The van der Waals surface area contributed by atoms with Crippen molar-refractivity contribution in [3.63, 3.8) is 0 Å². The molecular formula is C122H88BiN3PS3V. The summed E-state index contributed by atoms with van der Waals surface area (Å²) in [5, 5.41) is 13.6. The number of thiophene rings is 3. The monoisotopic (exact) mass is 1980 g/mol. The van der Waals surface area contributed by atoms with Crippen molar-refractivity contribution in [1.82, 2.24) is 9.13 Å². The summed E-state index contributed by atoms with van der Waals surface area (Å²) in [5.41, 5.74) is 31.7. The maximum absolute atomic E-state index is 5.67. The van der Waals surface area contributed by atoms with Crippen molar-refractivity contribution in [2.45, 2.75) is 0 Å². The number of anilines is 3. The van der Waals surface area contributed by atoms with E-state index in [1.165, 1.54) is 195 Å². The third-order valence-electron chi connectivity index (χ3n) is 24.4. The average molecular weight is 1980 g/mol. The Morgan fingerprint density at radius 3 is 0.931 bits per heavy atom. The summed E-state index contributed by atoms with van der Waals surface area (Å²) in [6.45, 7) is 0. The fourth-order valence-corrected chi connectivity index (χ4v) is 21.9. The number of hydrogen-bond acceptors (Lipinski definition) is 4. The molecule has 0 aliphatic carbocycles. The van der Waals surface area contributed by atoms with Crippen LogP contribution in [0.4, 0.5) is 16.4 Å². The van der Waals surface area contributed by atoms with Crippen molar-refractivity contribution in [3.05, 3.63) is 524 Å². The first-order chi connectivity index (χ1) is 64.5. The molecule has 624 valence electrons. The van der Waals surface area contributed by atoms with E-state index in [0.717, 1.165) is 17.1 Å². The smallest absolute Gasteiger partial charge is 0.103 e. The van der Waals surface area contributed by atoms with E-state index >= 15 is 0 Å². The number of hydrogen-bond donors (Lipinski definition) is 0. The van der Waals surface area contributed by atoms with Crippen LogP contribution in [0.2, 0.25) is 0 Å². The van der Waals surface area contributed by atoms with Crippen LogP contribution in [0.1, 0.15) is 33.4 Å². The molecule has 0 N–H and O–H groups in total. The summed E-state index contributed by atoms with van der Waals surface area (Å²) in [4.78, 5) is 2.42. The van der Waals surface area contributed by atoms with E-state index < -0.39 is 0 Å². The molecule has 0 amide bonds. The van der Waals surface area contributed by atoms with Crippen LogP contribution in [-0.4, -0.2) is 36.6 Å². The minimum absolute atomic E-state index is 0. The van der Waals surface area contributed by atoms with E-state index in [1.54, 1.807) is 9.84 Å². The van der Waals surface area contributed by atoms with Gasteiger partial charge in [-0.15, -0.1) is 34.0 Å². The summed E-state index contributed by atoms with van der Waals surface area (Å²) >= 11 is 5.65. The second kappa shape index (κ2) is 39.2. The Labute approximate surface area is 811 Å². The van der Waals surface area contributed by atoms with Crippen LogP contribution in [0.15, 0.2) is 491 Å². The zero-order chi connectivity index (χ0) is 87.1. The maximum atomic E-state index is 5.67. The van der Waals surface area contributed by atoms with E-state index in [1.807, 2.05) is 34.0 Å². The first kappa shape index (κ1) is 85.2. The molecule has 0 saturated heterocycles. The van der Waals surface area contributed by atoms with Gasteiger partial charge in [-0.05, 0) is 234 Å². The van der Waals surface area contributed by atoms with Gasteiger partial charge in [-0.1, -0.05) is 413 Å². The normalized spacial score (nSPS) is 11.1. The van der Waals surface area contributed by atoms with Crippen LogP contribution in [0.3, 0.4) is 0 Å². The predicted molar refractivity (Wildman–Crippen MR) is 573 cm³/mol. The van der Waals surface area contributed by atoms with Crippen molar-refractivity contribution in [2.24, 2.45) is 0 Å². The fraction of sp³-hybridized carbons (Fsp3) is 0. The summed E-state index contributed by atoms with van der Waals surface area (Å²) in [7, 11) is 1.67. The molecule has 9 heteroatoms. The van der Waals surface area contributed by atoms with Gasteiger partial charge < -0.3 is 14.0 Å².